The van der Waals surface area contributed by atoms with Gasteiger partial charge in [0.1, 0.15) is 0 Å². The molecule has 10 heteroatoms. The van der Waals surface area contributed by atoms with E-state index in [1.165, 1.54) is 11.8 Å². The van der Waals surface area contributed by atoms with Crippen molar-refractivity contribution in [2.75, 3.05) is 45.5 Å². The quantitative estimate of drug-likeness (QED) is 0.470. The maximum absolute atomic E-state index is 13.6. The highest BCUT2D eigenvalue weighted by molar-refractivity contribution is 7.90. The Morgan fingerprint density at radius 2 is 1.50 bits per heavy atom. The Morgan fingerprint density at radius 1 is 0.875 bits per heavy atom. The number of hydrogen-bond donors (Lipinski definition) is 0. The zero-order valence-corrected chi connectivity index (χ0v) is 25.3. The Bertz CT molecular complexity index is 1420. The summed E-state index contributed by atoms with van der Waals surface area (Å²) in [5.74, 6) is 0.565. The molecule has 3 aliphatic heterocycles. The Kier molecular flexibility index (Phi) is 8.18. The lowest BCUT2D eigenvalue weighted by molar-refractivity contribution is -0.139. The lowest BCUT2D eigenvalue weighted by Crippen LogP contribution is -2.46. The van der Waals surface area contributed by atoms with E-state index in [4.69, 9.17) is 0 Å². The van der Waals surface area contributed by atoms with E-state index in [9.17, 15) is 21.6 Å². The smallest absolute Gasteiger partial charge is 0.229 e. The minimum absolute atomic E-state index is 0.156. The van der Waals surface area contributed by atoms with Crippen LogP contribution in [0.4, 0.5) is 0 Å². The van der Waals surface area contributed by atoms with Gasteiger partial charge in [-0.2, -0.15) is 0 Å². The van der Waals surface area contributed by atoms with Gasteiger partial charge in [0.2, 0.25) is 15.9 Å². The molecule has 0 radical (unpaired) electrons. The van der Waals surface area contributed by atoms with E-state index in [0.29, 0.717) is 26.2 Å². The number of piperidine rings is 1. The third kappa shape index (κ3) is 5.86. The van der Waals surface area contributed by atoms with Crippen LogP contribution >= 0.6 is 0 Å². The van der Waals surface area contributed by atoms with Gasteiger partial charge < -0.3 is 9.80 Å². The van der Waals surface area contributed by atoms with Crippen molar-refractivity contribution in [3.8, 4) is 0 Å². The molecule has 3 heterocycles. The van der Waals surface area contributed by atoms with Gasteiger partial charge in [0.25, 0.3) is 0 Å². The molecule has 218 valence electrons. The highest BCUT2D eigenvalue weighted by atomic mass is 32.2. The van der Waals surface area contributed by atoms with E-state index in [2.05, 4.69) is 17.0 Å². The van der Waals surface area contributed by atoms with E-state index in [0.717, 1.165) is 44.5 Å². The van der Waals surface area contributed by atoms with Crippen molar-refractivity contribution in [2.45, 2.75) is 55.7 Å². The van der Waals surface area contributed by atoms with Crippen LogP contribution < -0.4 is 0 Å². The van der Waals surface area contributed by atoms with Crippen LogP contribution in [-0.4, -0.2) is 87.6 Å². The van der Waals surface area contributed by atoms with Crippen molar-refractivity contribution in [2.24, 2.45) is 11.3 Å². The highest BCUT2D eigenvalue weighted by Gasteiger charge is 2.49. The molecule has 2 aromatic rings. The van der Waals surface area contributed by atoms with Gasteiger partial charge in [-0.25, -0.2) is 21.1 Å². The Hall–Kier alpha value is -2.27. The fourth-order valence-corrected chi connectivity index (χ4v) is 8.66. The number of sulfone groups is 1. The first kappa shape index (κ1) is 29.2. The lowest BCUT2D eigenvalue weighted by atomic mass is 9.76. The Morgan fingerprint density at radius 3 is 2.10 bits per heavy atom. The second-order valence-electron chi connectivity index (χ2n) is 12.2. The lowest BCUT2D eigenvalue weighted by Gasteiger charge is -2.39. The van der Waals surface area contributed by atoms with Crippen molar-refractivity contribution < 1.29 is 21.6 Å². The first-order valence-corrected chi connectivity index (χ1v) is 17.6. The summed E-state index contributed by atoms with van der Waals surface area (Å²) in [7, 11) is -6.57. The summed E-state index contributed by atoms with van der Waals surface area (Å²) in [5, 5.41) is -0.438. The summed E-state index contributed by atoms with van der Waals surface area (Å²) in [6.07, 6.45) is 3.66. The average Bonchev–Trinajstić information content (AvgIpc) is 3.48. The van der Waals surface area contributed by atoms with Crippen LogP contribution in [-0.2, 0) is 31.2 Å². The number of sulfonamides is 1. The molecule has 40 heavy (non-hydrogen) atoms. The van der Waals surface area contributed by atoms with Gasteiger partial charge in [-0.3, -0.25) is 4.79 Å². The molecule has 3 aliphatic rings. The molecule has 2 unspecified atom stereocenters. The second kappa shape index (κ2) is 11.2. The standard InChI is InChI=1S/C30H41N3O5S2/c1-23(2)40(37,38)33-21-26(28(22-33)25-7-5-4-6-8-25)20-31-16-13-30(14-17-31)15-18-32(29(30)34)19-24-9-11-27(12-10-24)39(3,35)36/h4-12,23,26,28H,13-22H2,1-3H3. The molecule has 2 aromatic carbocycles. The van der Waals surface area contributed by atoms with E-state index in [1.54, 1.807) is 42.4 Å². The van der Waals surface area contributed by atoms with Crippen molar-refractivity contribution >= 4 is 25.8 Å². The van der Waals surface area contributed by atoms with Crippen LogP contribution in [0, 0.1) is 11.3 Å². The maximum Gasteiger partial charge on any atom is 0.229 e. The summed E-state index contributed by atoms with van der Waals surface area (Å²) in [4.78, 5) is 18.2. The normalized spacial score (nSPS) is 24.4. The summed E-state index contributed by atoms with van der Waals surface area (Å²) >= 11 is 0. The number of hydrogen-bond acceptors (Lipinski definition) is 6. The molecular formula is C30H41N3O5S2. The highest BCUT2D eigenvalue weighted by Crippen LogP contribution is 2.43. The van der Waals surface area contributed by atoms with Gasteiger partial charge in [-0.05, 0) is 75.4 Å². The summed E-state index contributed by atoms with van der Waals surface area (Å²) in [6, 6.07) is 17.1. The monoisotopic (exact) mass is 587 g/mol. The molecule has 0 bridgehead atoms. The van der Waals surface area contributed by atoms with Gasteiger partial charge in [0.15, 0.2) is 9.84 Å². The first-order valence-electron chi connectivity index (χ1n) is 14.2. The molecule has 0 aromatic heterocycles. The van der Waals surface area contributed by atoms with Crippen molar-refractivity contribution in [3.05, 3.63) is 65.7 Å². The van der Waals surface area contributed by atoms with Gasteiger partial charge in [0.05, 0.1) is 15.6 Å². The largest absolute Gasteiger partial charge is 0.338 e. The van der Waals surface area contributed by atoms with Crippen LogP contribution in [0.2, 0.25) is 0 Å². The zero-order chi connectivity index (χ0) is 28.7. The number of rotatable bonds is 8. The van der Waals surface area contributed by atoms with Crippen molar-refractivity contribution in [1.29, 1.82) is 0 Å². The fraction of sp³-hybridized carbons (Fsp3) is 0.567. The Balaban J connectivity index is 1.21. The number of amides is 1. The maximum atomic E-state index is 13.6. The van der Waals surface area contributed by atoms with Gasteiger partial charge in [-0.1, -0.05) is 42.5 Å². The number of carbonyl (C=O) groups excluding carboxylic acids is 1. The van der Waals surface area contributed by atoms with E-state index in [1.807, 2.05) is 23.1 Å². The van der Waals surface area contributed by atoms with Crippen molar-refractivity contribution in [1.82, 2.24) is 14.1 Å². The van der Waals surface area contributed by atoms with E-state index < -0.39 is 25.1 Å². The molecule has 3 fully saturated rings. The van der Waals surface area contributed by atoms with Gasteiger partial charge in [0, 0.05) is 44.9 Å². The molecule has 2 atom stereocenters. The molecule has 8 nitrogen and oxygen atoms in total. The third-order valence-electron chi connectivity index (χ3n) is 9.22. The number of likely N-dealkylation sites (tertiary alicyclic amines) is 2. The number of benzene rings is 2. The van der Waals surface area contributed by atoms with Crippen LogP contribution in [0.15, 0.2) is 59.5 Å². The zero-order valence-electron chi connectivity index (χ0n) is 23.7. The van der Waals surface area contributed by atoms with Crippen LogP contribution in [0.5, 0.6) is 0 Å². The predicted molar refractivity (Wildman–Crippen MR) is 156 cm³/mol. The first-order chi connectivity index (χ1) is 18.9. The third-order valence-corrected chi connectivity index (χ3v) is 12.6. The number of nitrogens with zero attached hydrogens (tertiary/aromatic N) is 3. The topological polar surface area (TPSA) is 95.1 Å². The summed E-state index contributed by atoms with van der Waals surface area (Å²) < 4.78 is 51.2. The van der Waals surface area contributed by atoms with E-state index in [-0.39, 0.29) is 28.1 Å². The second-order valence-corrected chi connectivity index (χ2v) is 16.7. The van der Waals surface area contributed by atoms with Crippen molar-refractivity contribution in [3.63, 3.8) is 0 Å². The van der Waals surface area contributed by atoms with E-state index >= 15 is 0 Å². The van der Waals surface area contributed by atoms with Crippen LogP contribution in [0.3, 0.4) is 0 Å². The van der Waals surface area contributed by atoms with Gasteiger partial charge in [-0.15, -0.1) is 0 Å². The molecule has 0 N–H and O–H groups in total. The van der Waals surface area contributed by atoms with Gasteiger partial charge >= 0.3 is 0 Å². The van der Waals surface area contributed by atoms with Crippen LogP contribution in [0.1, 0.15) is 50.2 Å². The average molecular weight is 588 g/mol. The van der Waals surface area contributed by atoms with Crippen LogP contribution in [0.25, 0.3) is 0 Å². The predicted octanol–water partition coefficient (Wildman–Crippen LogP) is 3.36. The molecule has 0 aliphatic carbocycles. The number of carbonyl (C=O) groups is 1. The summed E-state index contributed by atoms with van der Waals surface area (Å²) in [5.41, 5.74) is 1.79. The molecule has 5 rings (SSSR count). The minimum atomic E-state index is -3.32. The SMILES string of the molecule is CC(C)S(=O)(=O)N1CC(CN2CCC3(CC2)CCN(Cc2ccc(S(C)(=O)=O)cc2)C3=O)C(c2ccccc2)C1. The fourth-order valence-electron chi connectivity index (χ4n) is 6.67. The molecule has 0 saturated carbocycles. The molecule has 1 spiro atoms. The Labute approximate surface area is 239 Å². The molecule has 3 saturated heterocycles. The molecule has 1 amide bonds. The minimum Gasteiger partial charge on any atom is -0.338 e. The summed E-state index contributed by atoms with van der Waals surface area (Å²) in [6.45, 7) is 8.24. The molecular weight excluding hydrogens is 546 g/mol.